The number of nitrogens with one attached hydrogen (secondary N) is 1. The second-order valence-electron chi connectivity index (χ2n) is 7.42. The smallest absolute Gasteiger partial charge is 0.414 e. The number of ether oxygens (including phenoxy) is 2. The monoisotopic (exact) mass is 379 g/mol. The number of anilines is 2. The number of piperidine rings is 1. The molecule has 1 aromatic rings. The van der Waals surface area contributed by atoms with Gasteiger partial charge in [0.1, 0.15) is 11.9 Å². The fourth-order valence-corrected chi connectivity index (χ4v) is 3.86. The standard InChI is InChI=1S/C18H22FN3O5/c19-14-7-12(22-9-13(27-17(22)25)8-20-16(23)24)1-2-15(14)21-5-3-18(4-6-21)10-26-11-18/h1-2,7,13,20H,3-6,8-11H2,(H,23,24)/t13-/m0/s1. The minimum absolute atomic E-state index is 0.00260. The minimum Gasteiger partial charge on any atom is -0.465 e. The number of amides is 2. The van der Waals surface area contributed by atoms with Gasteiger partial charge in [0.25, 0.3) is 0 Å². The molecule has 0 aromatic heterocycles. The van der Waals surface area contributed by atoms with Gasteiger partial charge in [-0.1, -0.05) is 0 Å². The molecule has 2 N–H and O–H groups in total. The first-order valence-corrected chi connectivity index (χ1v) is 9.03. The van der Waals surface area contributed by atoms with Crippen molar-refractivity contribution in [3.05, 3.63) is 24.0 Å². The molecule has 0 bridgehead atoms. The van der Waals surface area contributed by atoms with E-state index in [1.165, 1.54) is 11.0 Å². The molecule has 3 saturated heterocycles. The molecule has 3 fully saturated rings. The maximum Gasteiger partial charge on any atom is 0.414 e. The summed E-state index contributed by atoms with van der Waals surface area (Å²) in [5.74, 6) is -0.381. The summed E-state index contributed by atoms with van der Waals surface area (Å²) in [4.78, 5) is 25.9. The van der Waals surface area contributed by atoms with E-state index in [0.717, 1.165) is 39.1 Å². The highest BCUT2D eigenvalue weighted by molar-refractivity contribution is 5.90. The Kier molecular flexibility index (Phi) is 4.55. The first kappa shape index (κ1) is 17.8. The Morgan fingerprint density at radius 2 is 2.07 bits per heavy atom. The second kappa shape index (κ2) is 6.88. The van der Waals surface area contributed by atoms with E-state index < -0.39 is 18.3 Å². The summed E-state index contributed by atoms with van der Waals surface area (Å²) < 4.78 is 25.2. The van der Waals surface area contributed by atoms with Crippen LogP contribution in [-0.2, 0) is 9.47 Å². The predicted molar refractivity (Wildman–Crippen MR) is 94.7 cm³/mol. The third-order valence-electron chi connectivity index (χ3n) is 5.58. The molecule has 146 valence electrons. The van der Waals surface area contributed by atoms with E-state index in [0.29, 0.717) is 11.4 Å². The Hall–Kier alpha value is -2.55. The SMILES string of the molecule is O=C(O)NC[C@H]1CN(c2ccc(N3CCC4(CC3)COC4)c(F)c2)C(=O)O1. The molecular weight excluding hydrogens is 357 g/mol. The number of cyclic esters (lactones) is 1. The van der Waals surface area contributed by atoms with E-state index in [4.69, 9.17) is 14.6 Å². The summed E-state index contributed by atoms with van der Waals surface area (Å²) in [5, 5.41) is 10.8. The lowest BCUT2D eigenvalue weighted by Gasteiger charge is -2.47. The van der Waals surface area contributed by atoms with Crippen molar-refractivity contribution >= 4 is 23.6 Å². The first-order valence-electron chi connectivity index (χ1n) is 9.03. The number of hydrogen-bond acceptors (Lipinski definition) is 5. The van der Waals surface area contributed by atoms with E-state index in [1.807, 2.05) is 4.90 Å². The number of nitrogens with zero attached hydrogens (tertiary/aromatic N) is 2. The largest absolute Gasteiger partial charge is 0.465 e. The molecular formula is C18H22FN3O5. The van der Waals surface area contributed by atoms with Gasteiger partial charge in [-0.3, -0.25) is 4.90 Å². The minimum atomic E-state index is -1.18. The van der Waals surface area contributed by atoms with Crippen molar-refractivity contribution in [3.63, 3.8) is 0 Å². The van der Waals surface area contributed by atoms with Gasteiger partial charge in [0.15, 0.2) is 0 Å². The number of carbonyl (C=O) groups excluding carboxylic acids is 1. The molecule has 1 atom stereocenters. The van der Waals surface area contributed by atoms with Gasteiger partial charge in [-0.25, -0.2) is 14.0 Å². The highest BCUT2D eigenvalue weighted by Crippen LogP contribution is 2.40. The molecule has 9 heteroatoms. The molecule has 1 spiro atoms. The van der Waals surface area contributed by atoms with Gasteiger partial charge in [0.2, 0.25) is 0 Å². The third-order valence-corrected chi connectivity index (χ3v) is 5.58. The van der Waals surface area contributed by atoms with E-state index >= 15 is 0 Å². The van der Waals surface area contributed by atoms with E-state index in [1.54, 1.807) is 12.1 Å². The number of halogens is 1. The molecule has 0 radical (unpaired) electrons. The molecule has 3 aliphatic rings. The normalized spacial score (nSPS) is 23.9. The average molecular weight is 379 g/mol. The quantitative estimate of drug-likeness (QED) is 0.832. The summed E-state index contributed by atoms with van der Waals surface area (Å²) in [6.45, 7) is 3.35. The molecule has 4 rings (SSSR count). The molecule has 3 heterocycles. The van der Waals surface area contributed by atoms with E-state index in [-0.39, 0.29) is 24.3 Å². The summed E-state index contributed by atoms with van der Waals surface area (Å²) in [7, 11) is 0. The summed E-state index contributed by atoms with van der Waals surface area (Å²) >= 11 is 0. The Morgan fingerprint density at radius 1 is 1.33 bits per heavy atom. The van der Waals surface area contributed by atoms with E-state index in [2.05, 4.69) is 5.32 Å². The molecule has 3 aliphatic heterocycles. The lowest BCUT2D eigenvalue weighted by Crippen LogP contribution is -2.51. The Morgan fingerprint density at radius 3 is 2.67 bits per heavy atom. The van der Waals surface area contributed by atoms with Crippen LogP contribution in [0.4, 0.5) is 25.4 Å². The van der Waals surface area contributed by atoms with Gasteiger partial charge in [-0.2, -0.15) is 0 Å². The lowest BCUT2D eigenvalue weighted by atomic mass is 9.77. The molecule has 0 unspecified atom stereocenters. The second-order valence-corrected chi connectivity index (χ2v) is 7.42. The van der Waals surface area contributed by atoms with Crippen LogP contribution in [0.3, 0.4) is 0 Å². The van der Waals surface area contributed by atoms with Crippen LogP contribution in [-0.4, -0.2) is 62.8 Å². The van der Waals surface area contributed by atoms with Gasteiger partial charge in [-0.15, -0.1) is 0 Å². The zero-order valence-corrected chi connectivity index (χ0v) is 14.8. The maximum absolute atomic E-state index is 14.7. The Balaban J connectivity index is 1.41. The van der Waals surface area contributed by atoms with Crippen LogP contribution in [0.1, 0.15) is 12.8 Å². The number of hydrogen-bond donors (Lipinski definition) is 2. The highest BCUT2D eigenvalue weighted by atomic mass is 19.1. The number of rotatable bonds is 4. The number of carboxylic acid groups (broad SMARTS) is 1. The van der Waals surface area contributed by atoms with Crippen molar-refractivity contribution < 1.29 is 28.6 Å². The maximum atomic E-state index is 14.7. The lowest BCUT2D eigenvalue weighted by molar-refractivity contribution is -0.124. The predicted octanol–water partition coefficient (Wildman–Crippen LogP) is 2.04. The third kappa shape index (κ3) is 3.51. The molecule has 0 aliphatic carbocycles. The van der Waals surface area contributed by atoms with Crippen LogP contribution in [0.25, 0.3) is 0 Å². The van der Waals surface area contributed by atoms with E-state index in [9.17, 15) is 14.0 Å². The molecule has 27 heavy (non-hydrogen) atoms. The highest BCUT2D eigenvalue weighted by Gasteiger charge is 2.41. The first-order chi connectivity index (χ1) is 13.0. The topological polar surface area (TPSA) is 91.3 Å². The van der Waals surface area contributed by atoms with Crippen molar-refractivity contribution in [2.24, 2.45) is 5.41 Å². The van der Waals surface area contributed by atoms with Gasteiger partial charge in [0, 0.05) is 18.5 Å². The number of carbonyl (C=O) groups is 2. The Bertz CT molecular complexity index is 745. The van der Waals surface area contributed by atoms with Crippen LogP contribution in [0, 0.1) is 11.2 Å². The average Bonchev–Trinajstić information content (AvgIpc) is 2.99. The van der Waals surface area contributed by atoms with Crippen LogP contribution >= 0.6 is 0 Å². The van der Waals surface area contributed by atoms with Gasteiger partial charge in [0.05, 0.1) is 37.7 Å². The molecule has 0 saturated carbocycles. The summed E-state index contributed by atoms with van der Waals surface area (Å²) in [6.07, 6.45) is -0.407. The van der Waals surface area contributed by atoms with Crippen molar-refractivity contribution in [1.82, 2.24) is 5.32 Å². The summed E-state index contributed by atoms with van der Waals surface area (Å²) in [6, 6.07) is 4.72. The van der Waals surface area contributed by atoms with Crippen LogP contribution < -0.4 is 15.1 Å². The zero-order chi connectivity index (χ0) is 19.0. The number of benzene rings is 1. The van der Waals surface area contributed by atoms with Crippen LogP contribution in [0.2, 0.25) is 0 Å². The molecule has 2 amide bonds. The van der Waals surface area contributed by atoms with Gasteiger partial charge < -0.3 is 24.8 Å². The van der Waals surface area contributed by atoms with Crippen molar-refractivity contribution in [3.8, 4) is 0 Å². The van der Waals surface area contributed by atoms with Crippen LogP contribution in [0.15, 0.2) is 18.2 Å². The molecule has 8 nitrogen and oxygen atoms in total. The fourth-order valence-electron chi connectivity index (χ4n) is 3.86. The Labute approximate surface area is 155 Å². The van der Waals surface area contributed by atoms with Gasteiger partial charge >= 0.3 is 12.2 Å². The van der Waals surface area contributed by atoms with Crippen LogP contribution in [0.5, 0.6) is 0 Å². The zero-order valence-electron chi connectivity index (χ0n) is 14.8. The van der Waals surface area contributed by atoms with Crippen molar-refractivity contribution in [2.75, 3.05) is 49.2 Å². The van der Waals surface area contributed by atoms with Crippen molar-refractivity contribution in [1.29, 1.82) is 0 Å². The van der Waals surface area contributed by atoms with Crippen molar-refractivity contribution in [2.45, 2.75) is 18.9 Å². The summed E-state index contributed by atoms with van der Waals surface area (Å²) in [5.41, 5.74) is 1.22. The fraction of sp³-hybridized carbons (Fsp3) is 0.556. The molecule has 1 aromatic carbocycles. The van der Waals surface area contributed by atoms with Gasteiger partial charge in [-0.05, 0) is 31.0 Å².